The van der Waals surface area contributed by atoms with Gasteiger partial charge in [0.1, 0.15) is 12.1 Å². The molecule has 0 fully saturated rings. The van der Waals surface area contributed by atoms with Crippen molar-refractivity contribution >= 4 is 16.3 Å². The molecule has 17 heavy (non-hydrogen) atoms. The normalized spacial score (nSPS) is 12.4. The van der Waals surface area contributed by atoms with Crippen LogP contribution in [0.25, 0.3) is 0 Å². The van der Waals surface area contributed by atoms with Gasteiger partial charge in [-0.25, -0.2) is 8.42 Å². The van der Waals surface area contributed by atoms with Gasteiger partial charge in [-0.05, 0) is 13.3 Å². The van der Waals surface area contributed by atoms with Crippen LogP contribution in [0.5, 0.6) is 0 Å². The summed E-state index contributed by atoms with van der Waals surface area (Å²) < 4.78 is 25.2. The molecular weight excluding hydrogens is 240 g/mol. The molecule has 0 saturated carbocycles. The monoisotopic (exact) mass is 262 g/mol. The molecule has 0 aromatic heterocycles. The van der Waals surface area contributed by atoms with Gasteiger partial charge < -0.3 is 4.90 Å². The highest BCUT2D eigenvalue weighted by Crippen LogP contribution is 2.14. The van der Waals surface area contributed by atoms with Crippen LogP contribution in [-0.4, -0.2) is 50.3 Å². The highest BCUT2D eigenvalue weighted by molar-refractivity contribution is 7.89. The van der Waals surface area contributed by atoms with Crippen molar-refractivity contribution in [3.63, 3.8) is 0 Å². The lowest BCUT2D eigenvalue weighted by Crippen LogP contribution is -2.38. The van der Waals surface area contributed by atoms with E-state index in [1.807, 2.05) is 6.92 Å². The number of allylic oxidation sites excluding steroid dienone is 1. The van der Waals surface area contributed by atoms with Gasteiger partial charge in [0.05, 0.1) is 5.75 Å². The van der Waals surface area contributed by atoms with Crippen LogP contribution in [0.1, 0.15) is 26.7 Å². The fourth-order valence-electron chi connectivity index (χ4n) is 1.37. The fourth-order valence-corrected chi connectivity index (χ4v) is 2.60. The highest BCUT2D eigenvalue weighted by Gasteiger charge is 2.23. The van der Waals surface area contributed by atoms with E-state index in [2.05, 4.69) is 0 Å². The van der Waals surface area contributed by atoms with Crippen molar-refractivity contribution in [1.29, 1.82) is 0 Å². The largest absolute Gasteiger partial charge is 0.364 e. The maximum atomic E-state index is 12.0. The van der Waals surface area contributed by atoms with Crippen LogP contribution < -0.4 is 0 Å². The fraction of sp³-hybridized carbons (Fsp3) is 0.727. The lowest BCUT2D eigenvalue weighted by molar-refractivity contribution is -0.104. The van der Waals surface area contributed by atoms with Gasteiger partial charge >= 0.3 is 0 Å². The summed E-state index contributed by atoms with van der Waals surface area (Å²) in [6.45, 7) is 4.00. The van der Waals surface area contributed by atoms with E-state index in [0.29, 0.717) is 18.7 Å². The summed E-state index contributed by atoms with van der Waals surface area (Å²) in [6.07, 6.45) is 3.56. The molecule has 0 amide bonds. The summed E-state index contributed by atoms with van der Waals surface area (Å²) in [5.41, 5.74) is 0. The summed E-state index contributed by atoms with van der Waals surface area (Å²) >= 11 is 0. The van der Waals surface area contributed by atoms with Crippen LogP contribution in [0.4, 0.5) is 0 Å². The number of hydrogen-bond donors (Lipinski definition) is 0. The molecule has 0 bridgehead atoms. The topological polar surface area (TPSA) is 57.7 Å². The molecule has 0 atom stereocenters. The van der Waals surface area contributed by atoms with Gasteiger partial charge in [-0.1, -0.05) is 13.3 Å². The Labute approximate surface area is 104 Å². The first-order valence-corrected chi connectivity index (χ1v) is 7.34. The Balaban J connectivity index is 5.28. The van der Waals surface area contributed by atoms with E-state index in [0.717, 1.165) is 12.8 Å². The second-order valence-corrected chi connectivity index (χ2v) is 6.06. The standard InChI is InChI=1S/C11H22N2O3S/c1-5-7-9-13(17(15,16)6-2)11(8-10-14)12(3)4/h8,10H,5-7,9H2,1-4H3. The van der Waals surface area contributed by atoms with E-state index in [4.69, 9.17) is 0 Å². The van der Waals surface area contributed by atoms with Crippen LogP contribution in [-0.2, 0) is 14.8 Å². The minimum absolute atomic E-state index is 0.0285. The number of sulfonamides is 1. The number of unbranched alkanes of at least 4 members (excludes halogenated alkanes) is 1. The molecule has 0 N–H and O–H groups in total. The van der Waals surface area contributed by atoms with Gasteiger partial charge in [-0.2, -0.15) is 0 Å². The Morgan fingerprint density at radius 3 is 2.18 bits per heavy atom. The Morgan fingerprint density at radius 1 is 1.24 bits per heavy atom. The lowest BCUT2D eigenvalue weighted by Gasteiger charge is -2.30. The second kappa shape index (κ2) is 7.32. The van der Waals surface area contributed by atoms with Gasteiger partial charge in [0.25, 0.3) is 0 Å². The molecule has 0 aromatic carbocycles. The maximum absolute atomic E-state index is 12.0. The van der Waals surface area contributed by atoms with Gasteiger partial charge in [0.2, 0.25) is 10.0 Å². The third-order valence-corrected chi connectivity index (χ3v) is 4.12. The van der Waals surface area contributed by atoms with Gasteiger partial charge in [-0.3, -0.25) is 9.10 Å². The zero-order chi connectivity index (χ0) is 13.5. The van der Waals surface area contributed by atoms with Crippen molar-refractivity contribution in [2.24, 2.45) is 0 Å². The summed E-state index contributed by atoms with van der Waals surface area (Å²) in [5.74, 6) is 0.441. The quantitative estimate of drug-likeness (QED) is 0.484. The first kappa shape index (κ1) is 16.0. The van der Waals surface area contributed by atoms with E-state index >= 15 is 0 Å². The second-order valence-electron chi connectivity index (χ2n) is 3.88. The van der Waals surface area contributed by atoms with E-state index in [1.54, 1.807) is 25.9 Å². The first-order chi connectivity index (χ1) is 7.90. The first-order valence-electron chi connectivity index (χ1n) is 5.73. The summed E-state index contributed by atoms with van der Waals surface area (Å²) in [5, 5.41) is 0. The van der Waals surface area contributed by atoms with Crippen LogP contribution >= 0.6 is 0 Å². The zero-order valence-electron chi connectivity index (χ0n) is 11.0. The van der Waals surface area contributed by atoms with Crippen molar-refractivity contribution in [3.8, 4) is 0 Å². The molecule has 0 rings (SSSR count). The lowest BCUT2D eigenvalue weighted by atomic mass is 10.3. The number of nitrogens with zero attached hydrogens (tertiary/aromatic N) is 2. The summed E-state index contributed by atoms with van der Waals surface area (Å²) in [6, 6.07) is 0. The third-order valence-electron chi connectivity index (χ3n) is 2.35. The number of rotatable bonds is 8. The minimum Gasteiger partial charge on any atom is -0.364 e. The Bertz CT molecular complexity index is 361. The average Bonchev–Trinajstić information content (AvgIpc) is 2.27. The molecule has 0 aliphatic rings. The van der Waals surface area contributed by atoms with Gasteiger partial charge in [0, 0.05) is 26.7 Å². The number of carbonyl (C=O) groups excluding carboxylic acids is 1. The van der Waals surface area contributed by atoms with Crippen molar-refractivity contribution in [2.45, 2.75) is 26.7 Å². The summed E-state index contributed by atoms with van der Waals surface area (Å²) in [7, 11) is 0.109. The van der Waals surface area contributed by atoms with Crippen molar-refractivity contribution in [2.75, 3.05) is 26.4 Å². The highest BCUT2D eigenvalue weighted by atomic mass is 32.2. The average molecular weight is 262 g/mol. The molecule has 0 unspecified atom stereocenters. The molecule has 0 aliphatic heterocycles. The smallest absolute Gasteiger partial charge is 0.235 e. The molecule has 0 saturated heterocycles. The van der Waals surface area contributed by atoms with Crippen molar-refractivity contribution < 1.29 is 13.2 Å². The molecule has 0 radical (unpaired) electrons. The molecule has 0 aliphatic carbocycles. The van der Waals surface area contributed by atoms with E-state index in [-0.39, 0.29) is 5.75 Å². The molecular formula is C11H22N2O3S. The van der Waals surface area contributed by atoms with E-state index in [9.17, 15) is 13.2 Å². The maximum Gasteiger partial charge on any atom is 0.235 e. The van der Waals surface area contributed by atoms with Gasteiger partial charge in [0.15, 0.2) is 0 Å². The SMILES string of the molecule is CCCCN(C(=CC=O)N(C)C)S(=O)(=O)CC. The molecule has 0 spiro atoms. The predicted molar refractivity (Wildman–Crippen MR) is 68.9 cm³/mol. The molecule has 5 nitrogen and oxygen atoms in total. The van der Waals surface area contributed by atoms with Crippen LogP contribution in [0.3, 0.4) is 0 Å². The molecule has 100 valence electrons. The Kier molecular flexibility index (Phi) is 6.87. The van der Waals surface area contributed by atoms with Crippen molar-refractivity contribution in [1.82, 2.24) is 9.21 Å². The van der Waals surface area contributed by atoms with Gasteiger partial charge in [-0.15, -0.1) is 0 Å². The van der Waals surface area contributed by atoms with E-state index in [1.165, 1.54) is 10.4 Å². The third kappa shape index (κ3) is 4.77. The van der Waals surface area contributed by atoms with E-state index < -0.39 is 10.0 Å². The van der Waals surface area contributed by atoms with Crippen molar-refractivity contribution in [3.05, 3.63) is 11.9 Å². The Morgan fingerprint density at radius 2 is 1.82 bits per heavy atom. The Hall–Kier alpha value is -1.04. The van der Waals surface area contributed by atoms with Crippen LogP contribution in [0.15, 0.2) is 11.9 Å². The molecule has 0 aromatic rings. The molecule has 0 heterocycles. The number of aldehydes is 1. The number of carbonyl (C=O) groups is 1. The predicted octanol–water partition coefficient (Wildman–Crippen LogP) is 1.04. The van der Waals surface area contributed by atoms with Crippen LogP contribution in [0.2, 0.25) is 0 Å². The summed E-state index contributed by atoms with van der Waals surface area (Å²) in [4.78, 5) is 12.2. The molecule has 6 heteroatoms. The number of hydrogen-bond acceptors (Lipinski definition) is 4. The minimum atomic E-state index is -3.33. The zero-order valence-corrected chi connectivity index (χ0v) is 11.8. The van der Waals surface area contributed by atoms with Crippen LogP contribution in [0, 0.1) is 0 Å².